The Hall–Kier alpha value is -1.74. The van der Waals surface area contributed by atoms with Gasteiger partial charge < -0.3 is 0 Å². The summed E-state index contributed by atoms with van der Waals surface area (Å²) in [6, 6.07) is 25.5. The van der Waals surface area contributed by atoms with Gasteiger partial charge >= 0.3 is 0 Å². The molecule has 254 valence electrons. The number of hydrogen-bond acceptors (Lipinski definition) is 0. The average molecular weight is 675 g/mol. The molecule has 0 unspecified atom stereocenters. The van der Waals surface area contributed by atoms with E-state index in [1.165, 1.54) is 150 Å². The van der Waals surface area contributed by atoms with Gasteiger partial charge in [-0.05, 0) is 131 Å². The van der Waals surface area contributed by atoms with Crippen molar-refractivity contribution in [1.82, 2.24) is 0 Å². The Morgan fingerprint density at radius 2 is 0.688 bits per heavy atom. The molecule has 0 aromatic heterocycles. The highest BCUT2D eigenvalue weighted by atomic mass is 31.1. The van der Waals surface area contributed by atoms with Crippen molar-refractivity contribution in [2.45, 2.75) is 165 Å². The molecule has 4 fully saturated rings. The molecule has 4 aromatic carbocycles. The Bertz CT molecular complexity index is 1530. The summed E-state index contributed by atoms with van der Waals surface area (Å²) >= 11 is 0. The monoisotopic (exact) mass is 674 g/mol. The molecule has 8 rings (SSSR count). The normalized spacial score (nSPS) is 21.2. The van der Waals surface area contributed by atoms with Crippen molar-refractivity contribution in [3.8, 4) is 11.1 Å². The molecule has 0 saturated heterocycles. The minimum absolute atomic E-state index is 0.232. The molecule has 0 heterocycles. The summed E-state index contributed by atoms with van der Waals surface area (Å²) in [6.07, 6.45) is 29.1. The largest absolute Gasteiger partial charge is 0.0683 e. The van der Waals surface area contributed by atoms with Crippen LogP contribution in [-0.4, -0.2) is 22.6 Å². The Morgan fingerprint density at radius 3 is 1.00 bits per heavy atom. The molecule has 0 N–H and O–H groups in total. The van der Waals surface area contributed by atoms with E-state index in [1.807, 2.05) is 0 Å². The van der Waals surface area contributed by atoms with Crippen molar-refractivity contribution in [1.29, 1.82) is 0 Å². The van der Waals surface area contributed by atoms with Crippen LogP contribution in [0.25, 0.3) is 32.7 Å². The summed E-state index contributed by atoms with van der Waals surface area (Å²) in [6.45, 7) is 4.59. The smallest absolute Gasteiger partial charge is 0.00155 e. The first-order valence-corrected chi connectivity index (χ1v) is 23.3. The summed E-state index contributed by atoms with van der Waals surface area (Å²) in [7, 11) is -0.465. The van der Waals surface area contributed by atoms with Crippen molar-refractivity contribution in [2.24, 2.45) is 0 Å². The molecule has 48 heavy (non-hydrogen) atoms. The fourth-order valence-electron chi connectivity index (χ4n) is 10.7. The standard InChI is InChI=1S/C46H60P2/c1-33-23-27-41-35(31-33)25-29-43(47(37-15-7-3-8-16-37)38-17-9-4-10-18-38)45(41)46-42-28-24-34(2)32-36(42)26-30-44(46)48(39-19-11-5-12-20-39)40-21-13-6-14-22-40/h23-32,37-40H,3-22H2,1-2H3. The lowest BCUT2D eigenvalue weighted by Crippen LogP contribution is -2.30. The van der Waals surface area contributed by atoms with Gasteiger partial charge in [0.05, 0.1) is 0 Å². The molecule has 4 aromatic rings. The van der Waals surface area contributed by atoms with Crippen LogP contribution >= 0.6 is 15.8 Å². The molecular weight excluding hydrogens is 614 g/mol. The van der Waals surface area contributed by atoms with Gasteiger partial charge in [0.1, 0.15) is 0 Å². The third kappa shape index (κ3) is 6.81. The molecule has 4 aliphatic carbocycles. The van der Waals surface area contributed by atoms with E-state index in [1.54, 1.807) is 32.5 Å². The van der Waals surface area contributed by atoms with E-state index in [9.17, 15) is 0 Å². The van der Waals surface area contributed by atoms with Crippen molar-refractivity contribution < 1.29 is 0 Å². The van der Waals surface area contributed by atoms with E-state index in [-0.39, 0.29) is 15.8 Å². The van der Waals surface area contributed by atoms with E-state index in [0.717, 1.165) is 22.6 Å². The number of fused-ring (bicyclic) bond motifs is 2. The lowest BCUT2D eigenvalue weighted by atomic mass is 9.92. The number of aryl methyl sites for hydroxylation is 2. The van der Waals surface area contributed by atoms with E-state index >= 15 is 0 Å². The van der Waals surface area contributed by atoms with Crippen LogP contribution in [0, 0.1) is 13.8 Å². The van der Waals surface area contributed by atoms with Crippen molar-refractivity contribution in [3.05, 3.63) is 71.8 Å². The fraction of sp³-hybridized carbons (Fsp3) is 0.565. The zero-order valence-corrected chi connectivity index (χ0v) is 31.9. The van der Waals surface area contributed by atoms with Crippen LogP contribution in [0.5, 0.6) is 0 Å². The van der Waals surface area contributed by atoms with Crippen LogP contribution < -0.4 is 10.6 Å². The Labute approximate surface area is 294 Å². The molecule has 0 aliphatic heterocycles. The minimum Gasteiger partial charge on any atom is -0.0683 e. The third-order valence-corrected chi connectivity index (χ3v) is 20.1. The summed E-state index contributed by atoms with van der Waals surface area (Å²) < 4.78 is 0. The van der Waals surface area contributed by atoms with Gasteiger partial charge in [0.15, 0.2) is 0 Å². The van der Waals surface area contributed by atoms with Crippen molar-refractivity contribution in [3.63, 3.8) is 0 Å². The van der Waals surface area contributed by atoms with Gasteiger partial charge in [-0.25, -0.2) is 0 Å². The van der Waals surface area contributed by atoms with Gasteiger partial charge in [0.2, 0.25) is 0 Å². The van der Waals surface area contributed by atoms with Crippen LogP contribution in [0.2, 0.25) is 0 Å². The van der Waals surface area contributed by atoms with E-state index in [4.69, 9.17) is 0 Å². The third-order valence-electron chi connectivity index (χ3n) is 13.0. The van der Waals surface area contributed by atoms with Gasteiger partial charge in [-0.1, -0.05) is 165 Å². The van der Waals surface area contributed by atoms with Gasteiger partial charge in [0, 0.05) is 0 Å². The Morgan fingerprint density at radius 1 is 0.375 bits per heavy atom. The number of hydrogen-bond donors (Lipinski definition) is 0. The van der Waals surface area contributed by atoms with Crippen molar-refractivity contribution >= 4 is 48.0 Å². The maximum absolute atomic E-state index is 2.71. The van der Waals surface area contributed by atoms with Gasteiger partial charge in [0.25, 0.3) is 0 Å². The first kappa shape index (κ1) is 33.4. The molecule has 2 heteroatoms. The molecule has 0 amide bonds. The van der Waals surface area contributed by atoms with Crippen LogP contribution in [-0.2, 0) is 0 Å². The molecule has 0 spiro atoms. The average Bonchev–Trinajstić information content (AvgIpc) is 3.13. The van der Waals surface area contributed by atoms with E-state index in [2.05, 4.69) is 74.5 Å². The van der Waals surface area contributed by atoms with Crippen molar-refractivity contribution in [2.75, 3.05) is 0 Å². The maximum atomic E-state index is 2.71. The lowest BCUT2D eigenvalue weighted by Gasteiger charge is -2.42. The van der Waals surface area contributed by atoms with Crippen LogP contribution in [0.1, 0.15) is 140 Å². The summed E-state index contributed by atoms with van der Waals surface area (Å²) in [5.74, 6) is 0. The highest BCUT2D eigenvalue weighted by Gasteiger charge is 2.38. The second-order valence-electron chi connectivity index (χ2n) is 16.4. The first-order valence-electron chi connectivity index (χ1n) is 20.3. The predicted molar refractivity (Wildman–Crippen MR) is 217 cm³/mol. The zero-order valence-electron chi connectivity index (χ0n) is 30.1. The molecule has 0 radical (unpaired) electrons. The second kappa shape index (κ2) is 15.2. The number of rotatable bonds is 7. The second-order valence-corrected chi connectivity index (χ2v) is 21.9. The van der Waals surface area contributed by atoms with Gasteiger partial charge in [-0.15, -0.1) is 0 Å². The quantitative estimate of drug-likeness (QED) is 0.171. The van der Waals surface area contributed by atoms with E-state index < -0.39 is 0 Å². The summed E-state index contributed by atoms with van der Waals surface area (Å²) in [4.78, 5) is 0. The first-order chi connectivity index (χ1) is 23.7. The van der Waals surface area contributed by atoms with Crippen LogP contribution in [0.3, 0.4) is 0 Å². The topological polar surface area (TPSA) is 0 Å². The SMILES string of the molecule is Cc1ccc2c(-c3c(P(C4CCCCC4)C4CCCCC4)ccc4cc(C)ccc34)c(P(C3CCCCC3)C3CCCCC3)ccc2c1. The molecule has 4 aliphatic rings. The maximum Gasteiger partial charge on any atom is -0.00155 e. The summed E-state index contributed by atoms with van der Waals surface area (Å²) in [5, 5.41) is 9.63. The van der Waals surface area contributed by atoms with E-state index in [0.29, 0.717) is 0 Å². The molecule has 4 saturated carbocycles. The highest BCUT2D eigenvalue weighted by Crippen LogP contribution is 2.60. The zero-order chi connectivity index (χ0) is 32.5. The minimum atomic E-state index is -0.232. The Balaban J connectivity index is 1.43. The molecule has 0 bridgehead atoms. The molecule has 0 atom stereocenters. The number of benzene rings is 4. The van der Waals surface area contributed by atoms with Gasteiger partial charge in [-0.3, -0.25) is 0 Å². The predicted octanol–water partition coefficient (Wildman–Crippen LogP) is 13.8. The Kier molecular flexibility index (Phi) is 10.6. The van der Waals surface area contributed by atoms with Crippen LogP contribution in [0.15, 0.2) is 60.7 Å². The highest BCUT2D eigenvalue weighted by molar-refractivity contribution is 7.68. The van der Waals surface area contributed by atoms with Crippen LogP contribution in [0.4, 0.5) is 0 Å². The summed E-state index contributed by atoms with van der Waals surface area (Å²) in [5.41, 5.74) is 9.77. The van der Waals surface area contributed by atoms with Gasteiger partial charge in [-0.2, -0.15) is 0 Å². The fourth-order valence-corrected chi connectivity index (χ4v) is 18.6. The molecule has 0 nitrogen and oxygen atoms in total. The molecular formula is C46H60P2. The lowest BCUT2D eigenvalue weighted by molar-refractivity contribution is 0.487.